The van der Waals surface area contributed by atoms with E-state index in [0.29, 0.717) is 6.04 Å². The van der Waals surface area contributed by atoms with Gasteiger partial charge in [0.05, 0.1) is 13.2 Å². The third-order valence-electron chi connectivity index (χ3n) is 3.09. The zero-order valence-electron chi connectivity index (χ0n) is 10.7. The van der Waals surface area contributed by atoms with Crippen LogP contribution in [0.1, 0.15) is 31.4 Å². The molecule has 100 valence electrons. The Labute approximate surface area is 117 Å². The minimum Gasteiger partial charge on any atom is -0.493 e. The second-order valence-electron chi connectivity index (χ2n) is 4.38. The van der Waals surface area contributed by atoms with Crippen molar-refractivity contribution < 1.29 is 9.47 Å². The highest BCUT2D eigenvalue weighted by Gasteiger charge is 2.19. The maximum absolute atomic E-state index is 5.79. The van der Waals surface area contributed by atoms with Gasteiger partial charge in [-0.3, -0.25) is 0 Å². The predicted octanol–water partition coefficient (Wildman–Crippen LogP) is 3.29. The summed E-state index contributed by atoms with van der Waals surface area (Å²) in [4.78, 5) is 0. The van der Waals surface area contributed by atoms with Gasteiger partial charge in [-0.2, -0.15) is 0 Å². The second-order valence-corrected chi connectivity index (χ2v) is 5.29. The van der Waals surface area contributed by atoms with Crippen LogP contribution in [0, 0.1) is 0 Å². The summed E-state index contributed by atoms with van der Waals surface area (Å²) in [5.74, 6) is 0.996. The van der Waals surface area contributed by atoms with Crippen molar-refractivity contribution in [3.05, 3.63) is 28.2 Å². The molecule has 1 N–H and O–H groups in total. The molecule has 18 heavy (non-hydrogen) atoms. The van der Waals surface area contributed by atoms with Crippen LogP contribution in [0.25, 0.3) is 0 Å². The smallest absolute Gasteiger partial charge is 0.125 e. The number of hydrogen-bond acceptors (Lipinski definition) is 3. The van der Waals surface area contributed by atoms with Crippen LogP contribution in [0.4, 0.5) is 0 Å². The molecule has 0 saturated heterocycles. The first-order valence-corrected chi connectivity index (χ1v) is 7.34. The van der Waals surface area contributed by atoms with Crippen LogP contribution >= 0.6 is 15.9 Å². The zero-order chi connectivity index (χ0) is 12.8. The molecule has 1 aliphatic rings. The summed E-state index contributed by atoms with van der Waals surface area (Å²) in [7, 11) is 0. The Morgan fingerprint density at radius 3 is 3.22 bits per heavy atom. The highest BCUT2D eigenvalue weighted by molar-refractivity contribution is 9.10. The van der Waals surface area contributed by atoms with Crippen LogP contribution in [-0.2, 0) is 4.74 Å². The lowest BCUT2D eigenvalue weighted by Crippen LogP contribution is -2.25. The molecule has 0 aliphatic carbocycles. The van der Waals surface area contributed by atoms with Crippen molar-refractivity contribution in [1.82, 2.24) is 5.32 Å². The van der Waals surface area contributed by atoms with Gasteiger partial charge < -0.3 is 14.8 Å². The van der Waals surface area contributed by atoms with E-state index in [9.17, 15) is 0 Å². The number of benzene rings is 1. The molecule has 1 aliphatic heterocycles. The van der Waals surface area contributed by atoms with Crippen LogP contribution in [-0.4, -0.2) is 26.4 Å². The maximum atomic E-state index is 5.79. The van der Waals surface area contributed by atoms with Crippen molar-refractivity contribution >= 4 is 15.9 Å². The van der Waals surface area contributed by atoms with E-state index in [0.717, 1.165) is 49.4 Å². The van der Waals surface area contributed by atoms with Gasteiger partial charge in [0.1, 0.15) is 5.75 Å². The van der Waals surface area contributed by atoms with Gasteiger partial charge >= 0.3 is 0 Å². The molecule has 3 nitrogen and oxygen atoms in total. The van der Waals surface area contributed by atoms with Crippen molar-refractivity contribution in [2.75, 3.05) is 26.4 Å². The summed E-state index contributed by atoms with van der Waals surface area (Å²) in [6, 6.07) is 6.64. The quantitative estimate of drug-likeness (QED) is 0.846. The molecule has 4 heteroatoms. The van der Waals surface area contributed by atoms with E-state index in [4.69, 9.17) is 9.47 Å². The summed E-state index contributed by atoms with van der Waals surface area (Å²) >= 11 is 3.49. The summed E-state index contributed by atoms with van der Waals surface area (Å²) in [6.07, 6.45) is 2.19. The van der Waals surface area contributed by atoms with Crippen LogP contribution in [0.3, 0.4) is 0 Å². The predicted molar refractivity (Wildman–Crippen MR) is 76.1 cm³/mol. The molecule has 2 rings (SSSR count). The molecule has 0 spiro atoms. The molecule has 0 saturated carbocycles. The fraction of sp³-hybridized carbons (Fsp3) is 0.571. The summed E-state index contributed by atoms with van der Waals surface area (Å²) in [6.45, 7) is 5.24. The molecule has 1 unspecified atom stereocenters. The average Bonchev–Trinajstić information content (AvgIpc) is 2.56. The Hall–Kier alpha value is -0.580. The molecule has 1 aromatic rings. The fourth-order valence-electron chi connectivity index (χ4n) is 2.21. The van der Waals surface area contributed by atoms with E-state index < -0.39 is 0 Å². The monoisotopic (exact) mass is 313 g/mol. The van der Waals surface area contributed by atoms with Crippen molar-refractivity contribution in [3.8, 4) is 5.75 Å². The minimum atomic E-state index is 0.371. The van der Waals surface area contributed by atoms with Crippen molar-refractivity contribution in [2.24, 2.45) is 0 Å². The second kappa shape index (κ2) is 7.12. The third kappa shape index (κ3) is 3.70. The molecule has 0 radical (unpaired) electrons. The van der Waals surface area contributed by atoms with Gasteiger partial charge in [-0.25, -0.2) is 0 Å². The lowest BCUT2D eigenvalue weighted by atomic mass is 10.0. The molecule has 1 heterocycles. The summed E-state index contributed by atoms with van der Waals surface area (Å²) in [5.41, 5.74) is 1.26. The van der Waals surface area contributed by atoms with E-state index in [2.05, 4.69) is 39.4 Å². The highest BCUT2D eigenvalue weighted by atomic mass is 79.9. The van der Waals surface area contributed by atoms with Crippen LogP contribution in [0.5, 0.6) is 5.75 Å². The molecule has 1 atom stereocenters. The lowest BCUT2D eigenvalue weighted by Gasteiger charge is -2.18. The van der Waals surface area contributed by atoms with Gasteiger partial charge in [0.2, 0.25) is 0 Å². The fourth-order valence-corrected chi connectivity index (χ4v) is 2.55. The first kappa shape index (κ1) is 13.8. The van der Waals surface area contributed by atoms with E-state index in [1.807, 2.05) is 6.92 Å². The van der Waals surface area contributed by atoms with E-state index >= 15 is 0 Å². The first-order chi connectivity index (χ1) is 8.81. The van der Waals surface area contributed by atoms with Crippen molar-refractivity contribution in [1.29, 1.82) is 0 Å². The number of nitrogens with one attached hydrogen (secondary N) is 1. The molecule has 0 fully saturated rings. The Bertz CT molecular complexity index is 384. The number of ether oxygens (including phenoxy) is 2. The maximum Gasteiger partial charge on any atom is 0.125 e. The number of hydrogen-bond donors (Lipinski definition) is 1. The molecule has 0 bridgehead atoms. The Morgan fingerprint density at radius 2 is 2.39 bits per heavy atom. The first-order valence-electron chi connectivity index (χ1n) is 6.54. The number of rotatable bonds is 5. The SMILES string of the molecule is CCOCCNC1CCCOc2cc(Br)ccc21. The van der Waals surface area contributed by atoms with Gasteiger partial charge in [0, 0.05) is 29.2 Å². The number of halogens is 1. The molecule has 0 aromatic heterocycles. The molecular weight excluding hydrogens is 294 g/mol. The van der Waals surface area contributed by atoms with Gasteiger partial charge in [-0.05, 0) is 31.9 Å². The van der Waals surface area contributed by atoms with Crippen molar-refractivity contribution in [2.45, 2.75) is 25.8 Å². The summed E-state index contributed by atoms with van der Waals surface area (Å²) in [5, 5.41) is 3.55. The van der Waals surface area contributed by atoms with E-state index in [1.54, 1.807) is 0 Å². The van der Waals surface area contributed by atoms with Crippen molar-refractivity contribution in [3.63, 3.8) is 0 Å². The average molecular weight is 314 g/mol. The Kier molecular flexibility index (Phi) is 5.47. The zero-order valence-corrected chi connectivity index (χ0v) is 12.3. The topological polar surface area (TPSA) is 30.5 Å². The lowest BCUT2D eigenvalue weighted by molar-refractivity contribution is 0.146. The number of fused-ring (bicyclic) bond motifs is 1. The molecule has 0 amide bonds. The molecular formula is C14H20BrNO2. The van der Waals surface area contributed by atoms with E-state index in [-0.39, 0.29) is 0 Å². The highest BCUT2D eigenvalue weighted by Crippen LogP contribution is 2.33. The van der Waals surface area contributed by atoms with Gasteiger partial charge in [0.25, 0.3) is 0 Å². The van der Waals surface area contributed by atoms with Crippen LogP contribution in [0.2, 0.25) is 0 Å². The van der Waals surface area contributed by atoms with Crippen LogP contribution in [0.15, 0.2) is 22.7 Å². The van der Waals surface area contributed by atoms with Gasteiger partial charge in [0.15, 0.2) is 0 Å². The van der Waals surface area contributed by atoms with Gasteiger partial charge in [-0.15, -0.1) is 0 Å². The van der Waals surface area contributed by atoms with Gasteiger partial charge in [-0.1, -0.05) is 22.0 Å². The minimum absolute atomic E-state index is 0.371. The normalized spacial score (nSPS) is 18.9. The standard InChI is InChI=1S/C14H20BrNO2/c1-2-17-9-7-16-13-4-3-8-18-14-10-11(15)5-6-12(13)14/h5-6,10,13,16H,2-4,7-9H2,1H3. The Balaban J connectivity index is 2.02. The van der Waals surface area contributed by atoms with E-state index in [1.165, 1.54) is 5.56 Å². The largest absolute Gasteiger partial charge is 0.493 e. The molecule has 1 aromatic carbocycles. The Morgan fingerprint density at radius 1 is 1.50 bits per heavy atom. The third-order valence-corrected chi connectivity index (χ3v) is 3.58. The van der Waals surface area contributed by atoms with Crippen LogP contribution < -0.4 is 10.1 Å². The summed E-state index contributed by atoms with van der Waals surface area (Å²) < 4.78 is 12.2.